The molecule has 2 atom stereocenters. The van der Waals surface area contributed by atoms with E-state index in [1.807, 2.05) is 0 Å². The standard InChI is InChI=1S/C17H21FN2O/c18-16-8-4-3-7-15(16)17(21)20-19-14-10-9-12-5-1-2-6-13(12)11-14/h3-4,7-8,12-13H,1-2,5-6,9-11H2,(H,20,21)/b19-14-/t12-,13+/m0/s1. The van der Waals surface area contributed by atoms with Gasteiger partial charge in [-0.05, 0) is 49.7 Å². The fourth-order valence-corrected chi connectivity index (χ4v) is 3.63. The van der Waals surface area contributed by atoms with Crippen molar-refractivity contribution in [3.05, 3.63) is 35.6 Å². The number of benzene rings is 1. The summed E-state index contributed by atoms with van der Waals surface area (Å²) < 4.78 is 13.5. The summed E-state index contributed by atoms with van der Waals surface area (Å²) in [6.45, 7) is 0. The summed E-state index contributed by atoms with van der Waals surface area (Å²) in [5.74, 6) is 0.606. The van der Waals surface area contributed by atoms with Gasteiger partial charge in [-0.25, -0.2) is 9.82 Å². The third-order valence-electron chi connectivity index (χ3n) is 4.80. The molecule has 2 aliphatic rings. The van der Waals surface area contributed by atoms with E-state index < -0.39 is 11.7 Å². The molecule has 0 bridgehead atoms. The molecule has 1 aromatic carbocycles. The summed E-state index contributed by atoms with van der Waals surface area (Å²) in [4.78, 5) is 11.9. The van der Waals surface area contributed by atoms with E-state index in [0.717, 1.165) is 30.4 Å². The predicted molar refractivity (Wildman–Crippen MR) is 80.6 cm³/mol. The molecule has 0 aromatic heterocycles. The molecule has 2 fully saturated rings. The van der Waals surface area contributed by atoms with Crippen LogP contribution >= 0.6 is 0 Å². The second-order valence-electron chi connectivity index (χ2n) is 6.15. The number of nitrogens with zero attached hydrogens (tertiary/aromatic N) is 1. The summed E-state index contributed by atoms with van der Waals surface area (Å²) in [5.41, 5.74) is 3.62. The van der Waals surface area contributed by atoms with E-state index in [1.165, 1.54) is 44.2 Å². The van der Waals surface area contributed by atoms with Crippen molar-refractivity contribution in [3.8, 4) is 0 Å². The molecule has 2 aliphatic carbocycles. The van der Waals surface area contributed by atoms with E-state index >= 15 is 0 Å². The Labute approximate surface area is 124 Å². The Morgan fingerprint density at radius 2 is 1.90 bits per heavy atom. The monoisotopic (exact) mass is 288 g/mol. The number of hydrogen-bond acceptors (Lipinski definition) is 2. The largest absolute Gasteiger partial charge is 0.274 e. The SMILES string of the molecule is O=C(N/N=C1/CC[C@@H]2CCCC[C@@H]2C1)c1ccccc1F. The van der Waals surface area contributed by atoms with E-state index in [1.54, 1.807) is 12.1 Å². The number of carbonyl (C=O) groups excluding carboxylic acids is 1. The molecule has 0 radical (unpaired) electrons. The van der Waals surface area contributed by atoms with Crippen molar-refractivity contribution >= 4 is 11.6 Å². The quantitative estimate of drug-likeness (QED) is 0.824. The van der Waals surface area contributed by atoms with Crippen LogP contribution in [0.4, 0.5) is 4.39 Å². The minimum atomic E-state index is -0.508. The predicted octanol–water partition coefficient (Wildman–Crippen LogP) is 3.90. The Kier molecular flexibility index (Phi) is 4.32. The minimum Gasteiger partial charge on any atom is -0.267 e. The van der Waals surface area contributed by atoms with Gasteiger partial charge in [-0.2, -0.15) is 5.10 Å². The number of fused-ring (bicyclic) bond motifs is 1. The first-order chi connectivity index (χ1) is 10.2. The molecule has 0 saturated heterocycles. The normalized spacial score (nSPS) is 27.2. The van der Waals surface area contributed by atoms with Crippen LogP contribution in [-0.2, 0) is 0 Å². The van der Waals surface area contributed by atoms with Crippen LogP contribution < -0.4 is 5.43 Å². The molecule has 4 heteroatoms. The lowest BCUT2D eigenvalue weighted by Gasteiger charge is -2.35. The highest BCUT2D eigenvalue weighted by atomic mass is 19.1. The molecule has 3 nitrogen and oxygen atoms in total. The second-order valence-corrected chi connectivity index (χ2v) is 6.15. The number of nitrogens with one attached hydrogen (secondary N) is 1. The fraction of sp³-hybridized carbons (Fsp3) is 0.529. The van der Waals surface area contributed by atoms with Crippen LogP contribution in [0.1, 0.15) is 55.3 Å². The molecule has 1 N–H and O–H groups in total. The highest BCUT2D eigenvalue weighted by Gasteiger charge is 2.30. The van der Waals surface area contributed by atoms with E-state index in [-0.39, 0.29) is 5.56 Å². The number of rotatable bonds is 2. The lowest BCUT2D eigenvalue weighted by molar-refractivity contribution is 0.0950. The molecule has 0 unspecified atom stereocenters. The van der Waals surface area contributed by atoms with Gasteiger partial charge in [0.15, 0.2) is 0 Å². The van der Waals surface area contributed by atoms with E-state index in [9.17, 15) is 9.18 Å². The maximum Gasteiger partial charge on any atom is 0.274 e. The van der Waals surface area contributed by atoms with E-state index in [0.29, 0.717) is 0 Å². The first-order valence-corrected chi connectivity index (χ1v) is 7.84. The Bertz CT molecular complexity index is 555. The molecular formula is C17H21FN2O. The van der Waals surface area contributed by atoms with Gasteiger partial charge in [-0.3, -0.25) is 4.79 Å². The number of carbonyl (C=O) groups is 1. The molecule has 0 spiro atoms. The van der Waals surface area contributed by atoms with Crippen LogP contribution in [0, 0.1) is 17.7 Å². The summed E-state index contributed by atoms with van der Waals surface area (Å²) >= 11 is 0. The van der Waals surface area contributed by atoms with Crippen LogP contribution in [-0.4, -0.2) is 11.6 Å². The van der Waals surface area contributed by atoms with E-state index in [2.05, 4.69) is 10.5 Å². The third kappa shape index (κ3) is 3.31. The Balaban J connectivity index is 1.61. The van der Waals surface area contributed by atoms with Gasteiger partial charge in [0, 0.05) is 5.71 Å². The highest BCUT2D eigenvalue weighted by Crippen LogP contribution is 2.39. The van der Waals surface area contributed by atoms with Crippen LogP contribution in [0.2, 0.25) is 0 Å². The zero-order valence-corrected chi connectivity index (χ0v) is 12.1. The molecular weight excluding hydrogens is 267 g/mol. The summed E-state index contributed by atoms with van der Waals surface area (Å²) in [7, 11) is 0. The molecule has 21 heavy (non-hydrogen) atoms. The van der Waals surface area contributed by atoms with Crippen LogP contribution in [0.5, 0.6) is 0 Å². The minimum absolute atomic E-state index is 0.0493. The average molecular weight is 288 g/mol. The molecule has 0 aliphatic heterocycles. The molecule has 112 valence electrons. The van der Waals surface area contributed by atoms with Gasteiger partial charge in [0.2, 0.25) is 0 Å². The fourth-order valence-electron chi connectivity index (χ4n) is 3.63. The third-order valence-corrected chi connectivity index (χ3v) is 4.80. The van der Waals surface area contributed by atoms with Crippen molar-refractivity contribution in [3.63, 3.8) is 0 Å². The summed E-state index contributed by atoms with van der Waals surface area (Å²) in [6.07, 6.45) is 8.43. The molecule has 2 saturated carbocycles. The zero-order valence-electron chi connectivity index (χ0n) is 12.1. The van der Waals surface area contributed by atoms with E-state index in [4.69, 9.17) is 0 Å². The number of hydrazone groups is 1. The van der Waals surface area contributed by atoms with Gasteiger partial charge < -0.3 is 0 Å². The summed E-state index contributed by atoms with van der Waals surface area (Å²) in [5, 5.41) is 4.24. The van der Waals surface area contributed by atoms with Crippen molar-refractivity contribution in [1.29, 1.82) is 0 Å². The van der Waals surface area contributed by atoms with Crippen molar-refractivity contribution in [1.82, 2.24) is 5.43 Å². The second kappa shape index (κ2) is 6.37. The van der Waals surface area contributed by atoms with Gasteiger partial charge >= 0.3 is 0 Å². The van der Waals surface area contributed by atoms with Gasteiger partial charge in [-0.15, -0.1) is 0 Å². The average Bonchev–Trinajstić information content (AvgIpc) is 2.53. The maximum atomic E-state index is 13.5. The van der Waals surface area contributed by atoms with Crippen LogP contribution in [0.15, 0.2) is 29.4 Å². The number of hydrogen-bond donors (Lipinski definition) is 1. The smallest absolute Gasteiger partial charge is 0.267 e. The molecule has 3 rings (SSSR count). The Hall–Kier alpha value is -1.71. The lowest BCUT2D eigenvalue weighted by atomic mass is 9.70. The summed E-state index contributed by atoms with van der Waals surface area (Å²) in [6, 6.07) is 5.99. The van der Waals surface area contributed by atoms with Crippen LogP contribution in [0.3, 0.4) is 0 Å². The van der Waals surface area contributed by atoms with Crippen LogP contribution in [0.25, 0.3) is 0 Å². The lowest BCUT2D eigenvalue weighted by Crippen LogP contribution is -2.29. The van der Waals surface area contributed by atoms with Crippen molar-refractivity contribution in [2.45, 2.75) is 44.9 Å². The maximum absolute atomic E-state index is 13.5. The first-order valence-electron chi connectivity index (χ1n) is 7.84. The van der Waals surface area contributed by atoms with Gasteiger partial charge in [0.05, 0.1) is 5.56 Å². The molecule has 1 amide bonds. The van der Waals surface area contributed by atoms with Crippen molar-refractivity contribution in [2.75, 3.05) is 0 Å². The Morgan fingerprint density at radius 3 is 2.71 bits per heavy atom. The molecule has 1 aromatic rings. The van der Waals surface area contributed by atoms with Gasteiger partial charge in [-0.1, -0.05) is 31.4 Å². The highest BCUT2D eigenvalue weighted by molar-refractivity contribution is 5.95. The number of halogens is 1. The zero-order chi connectivity index (χ0) is 14.7. The topological polar surface area (TPSA) is 41.5 Å². The van der Waals surface area contributed by atoms with Crippen molar-refractivity contribution in [2.24, 2.45) is 16.9 Å². The first kappa shape index (κ1) is 14.2. The van der Waals surface area contributed by atoms with Crippen molar-refractivity contribution < 1.29 is 9.18 Å². The molecule has 0 heterocycles. The Morgan fingerprint density at radius 1 is 1.14 bits per heavy atom. The number of amides is 1. The van der Waals surface area contributed by atoms with Gasteiger partial charge in [0.1, 0.15) is 5.82 Å². The van der Waals surface area contributed by atoms with Gasteiger partial charge in [0.25, 0.3) is 5.91 Å².